The van der Waals surface area contributed by atoms with Crippen molar-refractivity contribution in [3.63, 3.8) is 0 Å². The van der Waals surface area contributed by atoms with Crippen LogP contribution in [0, 0.1) is 0 Å². The molecule has 0 radical (unpaired) electrons. The summed E-state index contributed by atoms with van der Waals surface area (Å²) in [4.78, 5) is 0. The van der Waals surface area contributed by atoms with Crippen LogP contribution in [-0.2, 0) is 0 Å². The summed E-state index contributed by atoms with van der Waals surface area (Å²) in [5, 5.41) is 0. The summed E-state index contributed by atoms with van der Waals surface area (Å²) in [5.41, 5.74) is 7.05. The average Bonchev–Trinajstić information content (AvgIpc) is 2.27. The summed E-state index contributed by atoms with van der Waals surface area (Å²) in [5.74, 6) is 1.74. The molecule has 0 spiro atoms. The van der Waals surface area contributed by atoms with Crippen LogP contribution >= 0.6 is 0 Å². The Kier molecular flexibility index (Phi) is 3.81. The first kappa shape index (κ1) is 13.2. The minimum atomic E-state index is -0.200. The van der Waals surface area contributed by atoms with E-state index in [-0.39, 0.29) is 11.6 Å². The largest absolute Gasteiger partial charge is 0.493 e. The number of ether oxygens (including phenoxy) is 2. The summed E-state index contributed by atoms with van der Waals surface area (Å²) in [6.07, 6.45) is 3.05. The molecule has 3 heteroatoms. The maximum absolute atomic E-state index is 6.17. The van der Waals surface area contributed by atoms with E-state index >= 15 is 0 Å². The van der Waals surface area contributed by atoms with E-state index in [0.717, 1.165) is 42.9 Å². The molecule has 0 saturated heterocycles. The van der Waals surface area contributed by atoms with Crippen molar-refractivity contribution in [2.45, 2.75) is 51.7 Å². The number of hydrogen-bond donors (Lipinski definition) is 1. The van der Waals surface area contributed by atoms with E-state index in [2.05, 4.69) is 20.8 Å². The molecule has 1 atom stereocenters. The molecule has 1 unspecified atom stereocenters. The Morgan fingerprint density at radius 2 is 2.22 bits per heavy atom. The number of rotatable bonds is 4. The van der Waals surface area contributed by atoms with Gasteiger partial charge in [-0.25, -0.2) is 0 Å². The molecule has 18 heavy (non-hydrogen) atoms. The number of benzene rings is 1. The monoisotopic (exact) mass is 249 g/mol. The number of nitrogens with two attached hydrogens (primary N) is 1. The second-order valence-corrected chi connectivity index (χ2v) is 5.57. The highest BCUT2D eigenvalue weighted by Crippen LogP contribution is 2.39. The third-order valence-corrected chi connectivity index (χ3v) is 3.25. The van der Waals surface area contributed by atoms with Gasteiger partial charge < -0.3 is 15.2 Å². The van der Waals surface area contributed by atoms with Crippen LogP contribution < -0.4 is 15.2 Å². The van der Waals surface area contributed by atoms with Crippen LogP contribution in [0.4, 0.5) is 0 Å². The minimum Gasteiger partial charge on any atom is -0.493 e. The molecule has 100 valence electrons. The van der Waals surface area contributed by atoms with Crippen LogP contribution in [0.5, 0.6) is 11.5 Å². The molecule has 1 aliphatic heterocycles. The number of fused-ring (bicyclic) bond motifs is 1. The van der Waals surface area contributed by atoms with Gasteiger partial charge in [0.05, 0.1) is 6.61 Å². The van der Waals surface area contributed by atoms with Crippen molar-refractivity contribution in [3.8, 4) is 11.5 Å². The van der Waals surface area contributed by atoms with Crippen molar-refractivity contribution in [3.05, 3.63) is 23.8 Å². The summed E-state index contributed by atoms with van der Waals surface area (Å²) < 4.78 is 11.7. The maximum Gasteiger partial charge on any atom is 0.128 e. The lowest BCUT2D eigenvalue weighted by molar-refractivity contribution is 0.0724. The number of unbranched alkanes of at least 4 members (excludes halogenated alkanes) is 1. The molecule has 0 aromatic heterocycles. The zero-order valence-corrected chi connectivity index (χ0v) is 11.5. The fraction of sp³-hybridized carbons (Fsp3) is 0.600. The highest BCUT2D eigenvalue weighted by Gasteiger charge is 2.31. The topological polar surface area (TPSA) is 44.5 Å². The summed E-state index contributed by atoms with van der Waals surface area (Å²) in [6, 6.07) is 6.02. The van der Waals surface area contributed by atoms with Crippen molar-refractivity contribution in [1.82, 2.24) is 0 Å². The molecule has 0 amide bonds. The van der Waals surface area contributed by atoms with Gasteiger partial charge in [0.15, 0.2) is 0 Å². The Labute approximate surface area is 109 Å². The Morgan fingerprint density at radius 3 is 2.94 bits per heavy atom. The summed E-state index contributed by atoms with van der Waals surface area (Å²) in [7, 11) is 0. The third kappa shape index (κ3) is 2.96. The van der Waals surface area contributed by atoms with Gasteiger partial charge in [0.2, 0.25) is 0 Å². The molecule has 1 heterocycles. The van der Waals surface area contributed by atoms with Crippen LogP contribution in [0.25, 0.3) is 0 Å². The Balaban J connectivity index is 2.15. The maximum atomic E-state index is 6.17. The van der Waals surface area contributed by atoms with Gasteiger partial charge in [0.1, 0.15) is 17.1 Å². The van der Waals surface area contributed by atoms with Crippen molar-refractivity contribution < 1.29 is 9.47 Å². The van der Waals surface area contributed by atoms with Gasteiger partial charge in [-0.1, -0.05) is 19.4 Å². The lowest BCUT2D eigenvalue weighted by Crippen LogP contribution is -2.37. The highest BCUT2D eigenvalue weighted by atomic mass is 16.5. The second kappa shape index (κ2) is 5.19. The van der Waals surface area contributed by atoms with Gasteiger partial charge in [-0.2, -0.15) is 0 Å². The van der Waals surface area contributed by atoms with E-state index in [1.165, 1.54) is 0 Å². The first-order valence-electron chi connectivity index (χ1n) is 6.73. The van der Waals surface area contributed by atoms with Crippen molar-refractivity contribution in [1.29, 1.82) is 0 Å². The Hall–Kier alpha value is -1.22. The fourth-order valence-electron chi connectivity index (χ4n) is 2.31. The number of hydrogen-bond acceptors (Lipinski definition) is 3. The smallest absolute Gasteiger partial charge is 0.128 e. The normalized spacial score (nSPS) is 21.0. The minimum absolute atomic E-state index is 0.0495. The molecule has 1 aromatic rings. The van der Waals surface area contributed by atoms with E-state index in [9.17, 15) is 0 Å². The SMILES string of the molecule is CCCCOc1ccc2c(c1)OC(C)(C)CC2N. The second-order valence-electron chi connectivity index (χ2n) is 5.57. The first-order valence-corrected chi connectivity index (χ1v) is 6.73. The molecule has 0 fully saturated rings. The summed E-state index contributed by atoms with van der Waals surface area (Å²) in [6.45, 7) is 7.05. The van der Waals surface area contributed by atoms with Gasteiger partial charge in [-0.05, 0) is 26.3 Å². The molecule has 2 rings (SSSR count). The highest BCUT2D eigenvalue weighted by molar-refractivity contribution is 5.44. The van der Waals surface area contributed by atoms with Crippen LogP contribution in [0.2, 0.25) is 0 Å². The van der Waals surface area contributed by atoms with E-state index in [0.29, 0.717) is 0 Å². The zero-order chi connectivity index (χ0) is 13.2. The fourth-order valence-corrected chi connectivity index (χ4v) is 2.31. The van der Waals surface area contributed by atoms with Crippen LogP contribution in [0.15, 0.2) is 18.2 Å². The predicted octanol–water partition coefficient (Wildman–Crippen LogP) is 3.43. The molecule has 1 aliphatic rings. The van der Waals surface area contributed by atoms with E-state index in [4.69, 9.17) is 15.2 Å². The van der Waals surface area contributed by atoms with Gasteiger partial charge >= 0.3 is 0 Å². The van der Waals surface area contributed by atoms with Crippen molar-refractivity contribution in [2.24, 2.45) is 5.73 Å². The molecule has 0 aliphatic carbocycles. The van der Waals surface area contributed by atoms with Crippen molar-refractivity contribution in [2.75, 3.05) is 6.61 Å². The van der Waals surface area contributed by atoms with E-state index < -0.39 is 0 Å². The zero-order valence-electron chi connectivity index (χ0n) is 11.5. The average molecular weight is 249 g/mol. The van der Waals surface area contributed by atoms with Crippen molar-refractivity contribution >= 4 is 0 Å². The van der Waals surface area contributed by atoms with Gasteiger partial charge in [0.25, 0.3) is 0 Å². The van der Waals surface area contributed by atoms with E-state index in [1.54, 1.807) is 0 Å². The van der Waals surface area contributed by atoms with Gasteiger partial charge in [-0.15, -0.1) is 0 Å². The van der Waals surface area contributed by atoms with Crippen LogP contribution in [0.3, 0.4) is 0 Å². The molecular formula is C15H23NO2. The third-order valence-electron chi connectivity index (χ3n) is 3.25. The molecule has 0 bridgehead atoms. The van der Waals surface area contributed by atoms with Gasteiger partial charge in [-0.3, -0.25) is 0 Å². The Morgan fingerprint density at radius 1 is 1.44 bits per heavy atom. The van der Waals surface area contributed by atoms with Crippen LogP contribution in [-0.4, -0.2) is 12.2 Å². The quantitative estimate of drug-likeness (QED) is 0.831. The molecular weight excluding hydrogens is 226 g/mol. The molecule has 1 aromatic carbocycles. The van der Waals surface area contributed by atoms with Crippen LogP contribution in [0.1, 0.15) is 51.6 Å². The Bertz CT molecular complexity index is 415. The molecule has 3 nitrogen and oxygen atoms in total. The molecule has 2 N–H and O–H groups in total. The molecule has 0 saturated carbocycles. The lowest BCUT2D eigenvalue weighted by Gasteiger charge is -2.36. The standard InChI is InChI=1S/C15H23NO2/c1-4-5-8-17-11-6-7-12-13(16)10-15(2,3)18-14(12)9-11/h6-7,9,13H,4-5,8,10,16H2,1-3H3. The first-order chi connectivity index (χ1) is 8.52. The summed E-state index contributed by atoms with van der Waals surface area (Å²) >= 11 is 0. The predicted molar refractivity (Wildman–Crippen MR) is 73.1 cm³/mol. The van der Waals surface area contributed by atoms with E-state index in [1.807, 2.05) is 18.2 Å². The van der Waals surface area contributed by atoms with Gasteiger partial charge in [0, 0.05) is 24.1 Å². The lowest BCUT2D eigenvalue weighted by atomic mass is 9.90.